The molecular formula is C8H9BrFOP. The molecule has 0 heterocycles. The third-order valence-electron chi connectivity index (χ3n) is 1.52. The summed E-state index contributed by atoms with van der Waals surface area (Å²) in [5.41, 5.74) is 0. The van der Waals surface area contributed by atoms with Crippen molar-refractivity contribution < 1.29 is 8.96 Å². The molecule has 0 amide bonds. The average Bonchev–Trinajstić information content (AvgIpc) is 1.92. The first-order chi connectivity index (χ1) is 5.41. The Hall–Kier alpha value is -0.140. The van der Waals surface area contributed by atoms with Crippen molar-refractivity contribution >= 4 is 28.4 Å². The van der Waals surface area contributed by atoms with E-state index in [4.69, 9.17) is 0 Å². The lowest BCUT2D eigenvalue weighted by Gasteiger charge is -2.06. The van der Waals surface area contributed by atoms with E-state index in [2.05, 4.69) is 15.9 Å². The summed E-state index contributed by atoms with van der Waals surface area (Å²) in [4.78, 5) is 0. The fourth-order valence-electron chi connectivity index (χ4n) is 0.820. The Kier molecular flexibility index (Phi) is 2.74. The normalized spacial score (nSPS) is 11.7. The molecule has 1 nitrogen and oxygen atoms in total. The van der Waals surface area contributed by atoms with Crippen LogP contribution in [0, 0.1) is 5.82 Å². The smallest absolute Gasteiger partial charge is 0.138 e. The van der Waals surface area contributed by atoms with E-state index in [1.807, 2.05) is 0 Å². The van der Waals surface area contributed by atoms with E-state index in [0.717, 1.165) is 0 Å². The van der Waals surface area contributed by atoms with E-state index in [1.165, 1.54) is 6.07 Å². The molecule has 0 aliphatic heterocycles. The molecule has 0 radical (unpaired) electrons. The first-order valence-electron chi connectivity index (χ1n) is 3.42. The number of halogens is 2. The van der Waals surface area contributed by atoms with Crippen molar-refractivity contribution in [1.29, 1.82) is 0 Å². The molecule has 0 aliphatic carbocycles. The van der Waals surface area contributed by atoms with Crippen LogP contribution < -0.4 is 5.30 Å². The maximum Gasteiger partial charge on any atom is 0.138 e. The number of rotatable bonds is 1. The van der Waals surface area contributed by atoms with Gasteiger partial charge in [0.15, 0.2) is 0 Å². The van der Waals surface area contributed by atoms with Gasteiger partial charge in [0.25, 0.3) is 0 Å². The second-order valence-corrected chi connectivity index (χ2v) is 7.02. The summed E-state index contributed by atoms with van der Waals surface area (Å²) in [6, 6.07) is 4.56. The van der Waals surface area contributed by atoms with E-state index >= 15 is 0 Å². The minimum Gasteiger partial charge on any atom is -0.319 e. The van der Waals surface area contributed by atoms with Crippen molar-refractivity contribution in [3.8, 4) is 0 Å². The van der Waals surface area contributed by atoms with Crippen molar-refractivity contribution in [2.24, 2.45) is 0 Å². The quantitative estimate of drug-likeness (QED) is 0.701. The molecule has 1 aromatic carbocycles. The maximum absolute atomic E-state index is 12.9. The molecular weight excluding hydrogens is 242 g/mol. The van der Waals surface area contributed by atoms with Gasteiger partial charge >= 0.3 is 0 Å². The zero-order chi connectivity index (χ0) is 9.35. The number of hydrogen-bond donors (Lipinski definition) is 0. The predicted molar refractivity (Wildman–Crippen MR) is 53.2 cm³/mol. The van der Waals surface area contributed by atoms with Crippen LogP contribution in [0.15, 0.2) is 22.7 Å². The van der Waals surface area contributed by atoms with E-state index in [1.54, 1.807) is 25.5 Å². The summed E-state index contributed by atoms with van der Waals surface area (Å²) < 4.78 is 24.8. The van der Waals surface area contributed by atoms with Gasteiger partial charge in [0.05, 0.1) is 4.47 Å². The van der Waals surface area contributed by atoms with Gasteiger partial charge in [-0.15, -0.1) is 0 Å². The van der Waals surface area contributed by atoms with Crippen LogP contribution in [-0.2, 0) is 4.57 Å². The third kappa shape index (κ3) is 2.18. The van der Waals surface area contributed by atoms with E-state index in [9.17, 15) is 8.96 Å². The molecule has 4 heteroatoms. The second kappa shape index (κ2) is 3.31. The standard InChI is InChI=1S/C8H9BrFOP/c1-12(2,11)6-3-4-7(9)8(10)5-6/h3-5H,1-2H3. The lowest BCUT2D eigenvalue weighted by atomic mass is 10.3. The van der Waals surface area contributed by atoms with Gasteiger partial charge < -0.3 is 4.57 Å². The van der Waals surface area contributed by atoms with Crippen LogP contribution in [0.25, 0.3) is 0 Å². The Morgan fingerprint density at radius 2 is 2.00 bits per heavy atom. The molecule has 0 N–H and O–H groups in total. The topological polar surface area (TPSA) is 17.1 Å². The van der Waals surface area contributed by atoms with Crippen molar-refractivity contribution in [3.05, 3.63) is 28.5 Å². The monoisotopic (exact) mass is 250 g/mol. The van der Waals surface area contributed by atoms with Gasteiger partial charge in [0.2, 0.25) is 0 Å². The fraction of sp³-hybridized carbons (Fsp3) is 0.250. The lowest BCUT2D eigenvalue weighted by Crippen LogP contribution is -2.03. The predicted octanol–water partition coefficient (Wildman–Crippen LogP) is 2.84. The molecule has 0 aromatic heterocycles. The van der Waals surface area contributed by atoms with Crippen LogP contribution in [0.1, 0.15) is 0 Å². The zero-order valence-electron chi connectivity index (χ0n) is 6.84. The minimum atomic E-state index is -2.33. The molecule has 0 saturated carbocycles. The summed E-state index contributed by atoms with van der Waals surface area (Å²) in [5, 5.41) is 0.572. The Morgan fingerprint density at radius 1 is 1.42 bits per heavy atom. The Balaban J connectivity index is 3.23. The largest absolute Gasteiger partial charge is 0.319 e. The van der Waals surface area contributed by atoms with E-state index in [-0.39, 0.29) is 5.82 Å². The highest BCUT2D eigenvalue weighted by atomic mass is 79.9. The highest BCUT2D eigenvalue weighted by molar-refractivity contribution is 9.10. The molecule has 66 valence electrons. The van der Waals surface area contributed by atoms with Crippen LogP contribution in [0.2, 0.25) is 0 Å². The van der Waals surface area contributed by atoms with Crippen LogP contribution in [0.3, 0.4) is 0 Å². The van der Waals surface area contributed by atoms with Gasteiger partial charge in [-0.25, -0.2) is 4.39 Å². The van der Waals surface area contributed by atoms with Gasteiger partial charge in [-0.1, -0.05) is 6.07 Å². The van der Waals surface area contributed by atoms with Crippen LogP contribution in [0.4, 0.5) is 4.39 Å². The summed E-state index contributed by atoms with van der Waals surface area (Å²) in [6.45, 7) is 3.24. The third-order valence-corrected chi connectivity index (χ3v) is 3.69. The highest BCUT2D eigenvalue weighted by Gasteiger charge is 2.12. The minimum absolute atomic E-state index is 0.364. The van der Waals surface area contributed by atoms with Crippen molar-refractivity contribution in [2.45, 2.75) is 0 Å². The molecule has 0 spiro atoms. The van der Waals surface area contributed by atoms with Crippen molar-refractivity contribution in [3.63, 3.8) is 0 Å². The van der Waals surface area contributed by atoms with Gasteiger partial charge in [0, 0.05) is 5.30 Å². The highest BCUT2D eigenvalue weighted by Crippen LogP contribution is 2.35. The number of hydrogen-bond acceptors (Lipinski definition) is 1. The van der Waals surface area contributed by atoms with Crippen molar-refractivity contribution in [2.75, 3.05) is 13.3 Å². The molecule has 0 unspecified atom stereocenters. The molecule has 12 heavy (non-hydrogen) atoms. The molecule has 0 saturated heterocycles. The fourth-order valence-corrected chi connectivity index (χ4v) is 1.92. The molecule has 0 atom stereocenters. The molecule has 1 aromatic rings. The van der Waals surface area contributed by atoms with E-state index in [0.29, 0.717) is 9.78 Å². The van der Waals surface area contributed by atoms with Gasteiger partial charge in [-0.3, -0.25) is 0 Å². The van der Waals surface area contributed by atoms with Gasteiger partial charge in [-0.2, -0.15) is 0 Å². The van der Waals surface area contributed by atoms with Crippen LogP contribution in [-0.4, -0.2) is 13.3 Å². The zero-order valence-corrected chi connectivity index (χ0v) is 9.32. The number of benzene rings is 1. The summed E-state index contributed by atoms with van der Waals surface area (Å²) in [7, 11) is -2.33. The molecule has 0 bridgehead atoms. The summed E-state index contributed by atoms with van der Waals surface area (Å²) in [5.74, 6) is -0.364. The van der Waals surface area contributed by atoms with Gasteiger partial charge in [0.1, 0.15) is 13.0 Å². The van der Waals surface area contributed by atoms with Crippen LogP contribution >= 0.6 is 23.1 Å². The first kappa shape index (κ1) is 9.94. The Morgan fingerprint density at radius 3 is 2.42 bits per heavy atom. The molecule has 0 aliphatic rings. The van der Waals surface area contributed by atoms with E-state index < -0.39 is 7.14 Å². The second-order valence-electron chi connectivity index (χ2n) is 2.95. The van der Waals surface area contributed by atoms with Gasteiger partial charge in [-0.05, 0) is 41.4 Å². The SMILES string of the molecule is CP(C)(=O)c1ccc(Br)c(F)c1. The summed E-state index contributed by atoms with van der Waals surface area (Å²) >= 11 is 3.03. The first-order valence-corrected chi connectivity index (χ1v) is 6.81. The Labute approximate surface area is 79.5 Å². The Bertz CT molecular complexity index is 345. The molecule has 0 fully saturated rings. The lowest BCUT2D eigenvalue weighted by molar-refractivity contribution is 0.587. The maximum atomic E-state index is 12.9. The summed E-state index contributed by atoms with van der Waals surface area (Å²) in [6.07, 6.45) is 0. The van der Waals surface area contributed by atoms with Crippen molar-refractivity contribution in [1.82, 2.24) is 0 Å². The average molecular weight is 251 g/mol. The van der Waals surface area contributed by atoms with Crippen LogP contribution in [0.5, 0.6) is 0 Å². The molecule has 1 rings (SSSR count).